The van der Waals surface area contributed by atoms with Gasteiger partial charge in [-0.2, -0.15) is 0 Å². The van der Waals surface area contributed by atoms with Gasteiger partial charge >= 0.3 is 0 Å². The van der Waals surface area contributed by atoms with E-state index < -0.39 is 0 Å². The third-order valence-corrected chi connectivity index (χ3v) is 3.96. The third kappa shape index (κ3) is 2.51. The Bertz CT molecular complexity index is 362. The van der Waals surface area contributed by atoms with Gasteiger partial charge in [-0.05, 0) is 18.6 Å². The Balaban J connectivity index is 2.19. The van der Waals surface area contributed by atoms with E-state index in [0.29, 0.717) is 16.1 Å². The second-order valence-electron chi connectivity index (χ2n) is 4.10. The van der Waals surface area contributed by atoms with Crippen LogP contribution in [0.2, 0.25) is 10.0 Å². The predicted octanol–water partition coefficient (Wildman–Crippen LogP) is 2.96. The molecule has 1 atom stereocenters. The maximum atomic E-state index is 6.23. The van der Waals surface area contributed by atoms with Crippen molar-refractivity contribution in [2.24, 2.45) is 0 Å². The summed E-state index contributed by atoms with van der Waals surface area (Å²) in [7, 11) is 0. The molecular formula is C12H16Cl2N2. The molecule has 4 heteroatoms. The van der Waals surface area contributed by atoms with Crippen molar-refractivity contribution >= 4 is 23.2 Å². The van der Waals surface area contributed by atoms with E-state index >= 15 is 0 Å². The van der Waals surface area contributed by atoms with Crippen LogP contribution in [0.4, 0.5) is 0 Å². The molecule has 0 aliphatic carbocycles. The van der Waals surface area contributed by atoms with E-state index in [0.717, 1.165) is 31.7 Å². The van der Waals surface area contributed by atoms with Gasteiger partial charge in [0.25, 0.3) is 0 Å². The van der Waals surface area contributed by atoms with Crippen LogP contribution < -0.4 is 5.32 Å². The fraction of sp³-hybridized carbons (Fsp3) is 0.500. The first kappa shape index (κ1) is 12.2. The Morgan fingerprint density at radius 3 is 2.62 bits per heavy atom. The molecule has 88 valence electrons. The first-order valence-corrected chi connectivity index (χ1v) is 6.34. The minimum Gasteiger partial charge on any atom is -0.314 e. The smallest absolute Gasteiger partial charge is 0.0640 e. The second kappa shape index (κ2) is 5.37. The Labute approximate surface area is 107 Å². The molecule has 2 nitrogen and oxygen atoms in total. The molecule has 0 bridgehead atoms. The monoisotopic (exact) mass is 258 g/mol. The van der Waals surface area contributed by atoms with E-state index in [1.807, 2.05) is 12.1 Å². The quantitative estimate of drug-likeness (QED) is 0.878. The van der Waals surface area contributed by atoms with Crippen LogP contribution in [0.1, 0.15) is 18.5 Å². The predicted molar refractivity (Wildman–Crippen MR) is 69.3 cm³/mol. The zero-order chi connectivity index (χ0) is 11.5. The highest BCUT2D eigenvalue weighted by Gasteiger charge is 2.20. The van der Waals surface area contributed by atoms with Crippen molar-refractivity contribution in [1.82, 2.24) is 10.2 Å². The molecule has 0 radical (unpaired) electrons. The SMILES string of the molecule is C[C@H](c1cccc(Cl)c1Cl)N1CCNCC1. The molecule has 1 heterocycles. The fourth-order valence-electron chi connectivity index (χ4n) is 2.11. The Morgan fingerprint density at radius 1 is 1.25 bits per heavy atom. The molecule has 2 rings (SSSR count). The van der Waals surface area contributed by atoms with Gasteiger partial charge in [-0.25, -0.2) is 0 Å². The summed E-state index contributed by atoms with van der Waals surface area (Å²) in [5.74, 6) is 0. The zero-order valence-electron chi connectivity index (χ0n) is 9.34. The highest BCUT2D eigenvalue weighted by Crippen LogP contribution is 2.32. The average molecular weight is 259 g/mol. The lowest BCUT2D eigenvalue weighted by atomic mass is 10.1. The third-order valence-electron chi connectivity index (χ3n) is 3.13. The zero-order valence-corrected chi connectivity index (χ0v) is 10.9. The maximum absolute atomic E-state index is 6.23. The van der Waals surface area contributed by atoms with Gasteiger partial charge in [0.1, 0.15) is 0 Å². The summed E-state index contributed by atoms with van der Waals surface area (Å²) in [6.45, 7) is 6.39. The molecule has 0 spiro atoms. The molecule has 0 amide bonds. The lowest BCUT2D eigenvalue weighted by Gasteiger charge is -2.33. The van der Waals surface area contributed by atoms with Crippen LogP contribution in [-0.4, -0.2) is 31.1 Å². The molecule has 0 aromatic heterocycles. The van der Waals surface area contributed by atoms with E-state index in [1.165, 1.54) is 0 Å². The van der Waals surface area contributed by atoms with Crippen molar-refractivity contribution in [3.63, 3.8) is 0 Å². The van der Waals surface area contributed by atoms with Crippen LogP contribution in [0.15, 0.2) is 18.2 Å². The number of nitrogens with zero attached hydrogens (tertiary/aromatic N) is 1. The first-order chi connectivity index (χ1) is 7.70. The van der Waals surface area contributed by atoms with Crippen molar-refractivity contribution in [3.05, 3.63) is 33.8 Å². The molecule has 1 aromatic carbocycles. The van der Waals surface area contributed by atoms with Crippen molar-refractivity contribution < 1.29 is 0 Å². The molecule has 1 aliphatic heterocycles. The van der Waals surface area contributed by atoms with Gasteiger partial charge in [0.15, 0.2) is 0 Å². The molecule has 1 saturated heterocycles. The summed E-state index contributed by atoms with van der Waals surface area (Å²) in [5.41, 5.74) is 1.12. The summed E-state index contributed by atoms with van der Waals surface area (Å²) < 4.78 is 0. The van der Waals surface area contributed by atoms with Crippen molar-refractivity contribution in [2.75, 3.05) is 26.2 Å². The molecular weight excluding hydrogens is 243 g/mol. The number of rotatable bonds is 2. The van der Waals surface area contributed by atoms with Gasteiger partial charge in [0, 0.05) is 32.2 Å². The highest BCUT2D eigenvalue weighted by molar-refractivity contribution is 6.42. The average Bonchev–Trinajstić information content (AvgIpc) is 2.33. The maximum Gasteiger partial charge on any atom is 0.0640 e. The normalized spacial score (nSPS) is 19.7. The van der Waals surface area contributed by atoms with Crippen molar-refractivity contribution in [1.29, 1.82) is 0 Å². The lowest BCUT2D eigenvalue weighted by Crippen LogP contribution is -2.44. The Hall–Kier alpha value is -0.280. The van der Waals surface area contributed by atoms with E-state index in [2.05, 4.69) is 23.2 Å². The van der Waals surface area contributed by atoms with Gasteiger partial charge in [-0.3, -0.25) is 4.90 Å². The summed E-state index contributed by atoms with van der Waals surface area (Å²) in [6, 6.07) is 6.18. The lowest BCUT2D eigenvalue weighted by molar-refractivity contribution is 0.185. The molecule has 1 aliphatic rings. The molecule has 16 heavy (non-hydrogen) atoms. The molecule has 1 fully saturated rings. The minimum absolute atomic E-state index is 0.327. The Morgan fingerprint density at radius 2 is 1.94 bits per heavy atom. The molecule has 0 unspecified atom stereocenters. The number of halogens is 2. The van der Waals surface area contributed by atoms with E-state index in [9.17, 15) is 0 Å². The second-order valence-corrected chi connectivity index (χ2v) is 4.89. The van der Waals surface area contributed by atoms with E-state index in [-0.39, 0.29) is 0 Å². The highest BCUT2D eigenvalue weighted by atomic mass is 35.5. The molecule has 1 N–H and O–H groups in total. The number of piperazine rings is 1. The topological polar surface area (TPSA) is 15.3 Å². The van der Waals surface area contributed by atoms with E-state index in [4.69, 9.17) is 23.2 Å². The van der Waals surface area contributed by atoms with Gasteiger partial charge in [-0.15, -0.1) is 0 Å². The summed E-state index contributed by atoms with van der Waals surface area (Å²) in [5, 5.41) is 4.68. The molecule has 1 aromatic rings. The summed E-state index contributed by atoms with van der Waals surface area (Å²) >= 11 is 12.3. The standard InChI is InChI=1S/C12H16Cl2N2/c1-9(16-7-5-15-6-8-16)10-3-2-4-11(13)12(10)14/h2-4,9,15H,5-8H2,1H3/t9-/m1/s1. The van der Waals surface area contributed by atoms with Gasteiger partial charge < -0.3 is 5.32 Å². The number of nitrogens with one attached hydrogen (secondary N) is 1. The fourth-order valence-corrected chi connectivity index (χ4v) is 2.57. The van der Waals surface area contributed by atoms with Crippen LogP contribution in [0.5, 0.6) is 0 Å². The number of hydrogen-bond donors (Lipinski definition) is 1. The van der Waals surface area contributed by atoms with Crippen LogP contribution in [0.25, 0.3) is 0 Å². The van der Waals surface area contributed by atoms with E-state index in [1.54, 1.807) is 0 Å². The molecule has 0 saturated carbocycles. The van der Waals surface area contributed by atoms with Gasteiger partial charge in [0.05, 0.1) is 10.0 Å². The van der Waals surface area contributed by atoms with Crippen molar-refractivity contribution in [3.8, 4) is 0 Å². The Kier molecular flexibility index (Phi) is 4.09. The van der Waals surface area contributed by atoms with Crippen LogP contribution >= 0.6 is 23.2 Å². The van der Waals surface area contributed by atoms with Gasteiger partial charge in [-0.1, -0.05) is 35.3 Å². The number of hydrogen-bond acceptors (Lipinski definition) is 2. The largest absolute Gasteiger partial charge is 0.314 e. The van der Waals surface area contributed by atoms with Gasteiger partial charge in [0.2, 0.25) is 0 Å². The summed E-state index contributed by atoms with van der Waals surface area (Å²) in [4.78, 5) is 2.42. The number of benzene rings is 1. The summed E-state index contributed by atoms with van der Waals surface area (Å²) in [6.07, 6.45) is 0. The minimum atomic E-state index is 0.327. The van der Waals surface area contributed by atoms with Crippen LogP contribution in [0.3, 0.4) is 0 Å². The van der Waals surface area contributed by atoms with Crippen molar-refractivity contribution in [2.45, 2.75) is 13.0 Å². The van der Waals surface area contributed by atoms with Crippen LogP contribution in [0, 0.1) is 0 Å². The first-order valence-electron chi connectivity index (χ1n) is 5.59. The van der Waals surface area contributed by atoms with Crippen LogP contribution in [-0.2, 0) is 0 Å².